The average molecular weight is 361 g/mol. The SMILES string of the molecule is Cc1ccc2nc(-c3ccncc3)cc(C(=O)N3C[C@@H](C)O[C@@H](C)C3)c2c1. The highest BCUT2D eigenvalue weighted by molar-refractivity contribution is 6.07. The summed E-state index contributed by atoms with van der Waals surface area (Å²) in [5.74, 6) is 0.0327. The molecule has 1 aliphatic rings. The molecule has 138 valence electrons. The van der Waals surface area contributed by atoms with Crippen molar-refractivity contribution in [2.45, 2.75) is 33.0 Å². The standard InChI is InChI=1S/C22H23N3O2/c1-14-4-5-20-18(10-14)19(11-21(24-20)17-6-8-23-9-7-17)22(26)25-12-15(2)27-16(3)13-25/h4-11,15-16H,12-13H2,1-3H3/t15-,16+. The zero-order chi connectivity index (χ0) is 19.0. The van der Waals surface area contributed by atoms with Gasteiger partial charge in [-0.15, -0.1) is 0 Å². The minimum Gasteiger partial charge on any atom is -0.372 e. The highest BCUT2D eigenvalue weighted by atomic mass is 16.5. The second kappa shape index (κ2) is 7.08. The molecule has 5 heteroatoms. The lowest BCUT2D eigenvalue weighted by molar-refractivity contribution is -0.0585. The summed E-state index contributed by atoms with van der Waals surface area (Å²) in [6, 6.07) is 11.8. The summed E-state index contributed by atoms with van der Waals surface area (Å²) in [4.78, 5) is 24.2. The van der Waals surface area contributed by atoms with Gasteiger partial charge in [0.2, 0.25) is 0 Å². The number of hydrogen-bond acceptors (Lipinski definition) is 4. The summed E-state index contributed by atoms with van der Waals surface area (Å²) >= 11 is 0. The van der Waals surface area contributed by atoms with E-state index in [1.54, 1.807) is 12.4 Å². The van der Waals surface area contributed by atoms with Crippen LogP contribution in [0.25, 0.3) is 22.2 Å². The van der Waals surface area contributed by atoms with Gasteiger partial charge < -0.3 is 9.64 Å². The van der Waals surface area contributed by atoms with Gasteiger partial charge in [0.25, 0.3) is 5.91 Å². The van der Waals surface area contributed by atoms with E-state index in [-0.39, 0.29) is 18.1 Å². The Labute approximate surface area is 159 Å². The molecule has 0 spiro atoms. The Hall–Kier alpha value is -2.79. The third kappa shape index (κ3) is 3.55. The fourth-order valence-corrected chi connectivity index (χ4v) is 3.70. The summed E-state index contributed by atoms with van der Waals surface area (Å²) in [6.07, 6.45) is 3.55. The third-order valence-corrected chi connectivity index (χ3v) is 4.88. The molecular formula is C22H23N3O2. The molecule has 5 nitrogen and oxygen atoms in total. The predicted molar refractivity (Wildman–Crippen MR) is 106 cm³/mol. The summed E-state index contributed by atoms with van der Waals surface area (Å²) in [5, 5.41) is 0.893. The Morgan fingerprint density at radius 1 is 1.07 bits per heavy atom. The Kier molecular flexibility index (Phi) is 4.62. The molecule has 27 heavy (non-hydrogen) atoms. The zero-order valence-electron chi connectivity index (χ0n) is 15.8. The summed E-state index contributed by atoms with van der Waals surface area (Å²) in [7, 11) is 0. The number of carbonyl (C=O) groups is 1. The molecular weight excluding hydrogens is 338 g/mol. The number of morpholine rings is 1. The maximum atomic E-state index is 13.4. The van der Waals surface area contributed by atoms with Crippen LogP contribution in [0.3, 0.4) is 0 Å². The number of aromatic nitrogens is 2. The average Bonchev–Trinajstić information content (AvgIpc) is 2.66. The molecule has 1 aliphatic heterocycles. The first kappa shape index (κ1) is 17.6. The molecule has 1 amide bonds. The first-order valence-electron chi connectivity index (χ1n) is 9.28. The quantitative estimate of drug-likeness (QED) is 0.696. The Balaban J connectivity index is 1.84. The Bertz CT molecular complexity index is 978. The molecule has 0 aliphatic carbocycles. The lowest BCUT2D eigenvalue weighted by Gasteiger charge is -2.35. The number of fused-ring (bicyclic) bond motifs is 1. The van der Waals surface area contributed by atoms with E-state index in [9.17, 15) is 4.79 Å². The number of hydrogen-bond donors (Lipinski definition) is 0. The number of nitrogens with zero attached hydrogens (tertiary/aromatic N) is 3. The number of ether oxygens (including phenoxy) is 1. The van der Waals surface area contributed by atoms with E-state index < -0.39 is 0 Å². The lowest BCUT2D eigenvalue weighted by atomic mass is 10.0. The van der Waals surface area contributed by atoms with Crippen LogP contribution in [0.1, 0.15) is 29.8 Å². The molecule has 0 bridgehead atoms. The van der Waals surface area contributed by atoms with Crippen LogP contribution in [0, 0.1) is 6.92 Å². The van der Waals surface area contributed by atoms with Crippen LogP contribution in [0.2, 0.25) is 0 Å². The van der Waals surface area contributed by atoms with Crippen LogP contribution in [0.15, 0.2) is 48.8 Å². The van der Waals surface area contributed by atoms with E-state index in [4.69, 9.17) is 9.72 Å². The van der Waals surface area contributed by atoms with E-state index in [2.05, 4.69) is 4.98 Å². The van der Waals surface area contributed by atoms with Gasteiger partial charge in [-0.1, -0.05) is 11.6 Å². The molecule has 0 N–H and O–H groups in total. The Morgan fingerprint density at radius 2 is 1.78 bits per heavy atom. The van der Waals surface area contributed by atoms with E-state index in [1.807, 2.05) is 62.1 Å². The van der Waals surface area contributed by atoms with Gasteiger partial charge in [0.1, 0.15) is 0 Å². The second-order valence-electron chi connectivity index (χ2n) is 7.28. The summed E-state index contributed by atoms with van der Waals surface area (Å²) in [6.45, 7) is 7.25. The van der Waals surface area contributed by atoms with Gasteiger partial charge >= 0.3 is 0 Å². The molecule has 3 aromatic rings. The lowest BCUT2D eigenvalue weighted by Crippen LogP contribution is -2.48. The summed E-state index contributed by atoms with van der Waals surface area (Å²) in [5.41, 5.74) is 4.36. The van der Waals surface area contributed by atoms with Crippen molar-refractivity contribution in [3.05, 3.63) is 59.9 Å². The Morgan fingerprint density at radius 3 is 2.48 bits per heavy atom. The number of benzene rings is 1. The van der Waals surface area contributed by atoms with Gasteiger partial charge in [0, 0.05) is 36.4 Å². The minimum atomic E-state index is 0.0327. The van der Waals surface area contributed by atoms with Crippen molar-refractivity contribution in [3.8, 4) is 11.3 Å². The number of aryl methyl sites for hydroxylation is 1. The molecule has 4 rings (SSSR count). The molecule has 1 aromatic carbocycles. The van der Waals surface area contributed by atoms with Crippen molar-refractivity contribution >= 4 is 16.8 Å². The first-order valence-corrected chi connectivity index (χ1v) is 9.28. The highest BCUT2D eigenvalue weighted by Crippen LogP contribution is 2.27. The van der Waals surface area contributed by atoms with Crippen LogP contribution in [-0.2, 0) is 4.74 Å². The van der Waals surface area contributed by atoms with Crippen molar-refractivity contribution in [1.29, 1.82) is 0 Å². The van der Waals surface area contributed by atoms with Crippen molar-refractivity contribution in [1.82, 2.24) is 14.9 Å². The van der Waals surface area contributed by atoms with E-state index in [0.717, 1.165) is 27.7 Å². The van der Waals surface area contributed by atoms with Gasteiger partial charge in [-0.05, 0) is 51.1 Å². The number of amides is 1. The van der Waals surface area contributed by atoms with Crippen LogP contribution >= 0.6 is 0 Å². The van der Waals surface area contributed by atoms with Gasteiger partial charge in [-0.3, -0.25) is 9.78 Å². The van der Waals surface area contributed by atoms with E-state index in [0.29, 0.717) is 18.7 Å². The van der Waals surface area contributed by atoms with E-state index in [1.165, 1.54) is 0 Å². The maximum absolute atomic E-state index is 13.4. The highest BCUT2D eigenvalue weighted by Gasteiger charge is 2.28. The van der Waals surface area contributed by atoms with Crippen LogP contribution < -0.4 is 0 Å². The number of pyridine rings is 2. The van der Waals surface area contributed by atoms with Crippen molar-refractivity contribution in [2.75, 3.05) is 13.1 Å². The van der Waals surface area contributed by atoms with E-state index >= 15 is 0 Å². The fraction of sp³-hybridized carbons (Fsp3) is 0.318. The molecule has 1 fully saturated rings. The fourth-order valence-electron chi connectivity index (χ4n) is 3.70. The predicted octanol–water partition coefficient (Wildman–Crippen LogP) is 3.85. The molecule has 1 saturated heterocycles. The van der Waals surface area contributed by atoms with Crippen LogP contribution in [0.4, 0.5) is 0 Å². The number of carbonyl (C=O) groups excluding carboxylic acids is 1. The van der Waals surface area contributed by atoms with Crippen molar-refractivity contribution in [2.24, 2.45) is 0 Å². The number of rotatable bonds is 2. The van der Waals surface area contributed by atoms with Crippen LogP contribution in [-0.4, -0.2) is 46.1 Å². The van der Waals surface area contributed by atoms with Crippen LogP contribution in [0.5, 0.6) is 0 Å². The molecule has 0 radical (unpaired) electrons. The second-order valence-corrected chi connectivity index (χ2v) is 7.28. The molecule has 3 heterocycles. The summed E-state index contributed by atoms with van der Waals surface area (Å²) < 4.78 is 5.79. The van der Waals surface area contributed by atoms with Gasteiger partial charge in [-0.2, -0.15) is 0 Å². The minimum absolute atomic E-state index is 0.0327. The smallest absolute Gasteiger partial charge is 0.254 e. The molecule has 2 aromatic heterocycles. The zero-order valence-corrected chi connectivity index (χ0v) is 15.8. The molecule has 0 unspecified atom stereocenters. The maximum Gasteiger partial charge on any atom is 0.254 e. The third-order valence-electron chi connectivity index (χ3n) is 4.88. The van der Waals surface area contributed by atoms with Crippen molar-refractivity contribution in [3.63, 3.8) is 0 Å². The van der Waals surface area contributed by atoms with Gasteiger partial charge in [-0.25, -0.2) is 4.98 Å². The normalized spacial score (nSPS) is 20.0. The van der Waals surface area contributed by atoms with Crippen molar-refractivity contribution < 1.29 is 9.53 Å². The van der Waals surface area contributed by atoms with Gasteiger partial charge in [0.15, 0.2) is 0 Å². The first-order chi connectivity index (χ1) is 13.0. The van der Waals surface area contributed by atoms with Gasteiger partial charge in [0.05, 0.1) is 29.0 Å². The molecule has 0 saturated carbocycles. The topological polar surface area (TPSA) is 55.3 Å². The monoisotopic (exact) mass is 361 g/mol. The molecule has 2 atom stereocenters. The largest absolute Gasteiger partial charge is 0.372 e.